The lowest BCUT2D eigenvalue weighted by atomic mass is 9.99. The van der Waals surface area contributed by atoms with Crippen molar-refractivity contribution in [3.8, 4) is 0 Å². The molecule has 4 nitrogen and oxygen atoms in total. The number of pyridine rings is 1. The van der Waals surface area contributed by atoms with E-state index in [-0.39, 0.29) is 45.7 Å². The van der Waals surface area contributed by atoms with E-state index in [0.29, 0.717) is 18.4 Å². The van der Waals surface area contributed by atoms with Crippen LogP contribution in [0.15, 0.2) is 72.5 Å². The van der Waals surface area contributed by atoms with Crippen molar-refractivity contribution in [1.82, 2.24) is 9.97 Å². The fraction of sp³-hybridized carbons (Fsp3) is 0.286. The van der Waals surface area contributed by atoms with Crippen LogP contribution in [-0.4, -0.2) is 21.5 Å². The van der Waals surface area contributed by atoms with Crippen molar-refractivity contribution >= 4 is 33.7 Å². The zero-order valence-electron chi connectivity index (χ0n) is 16.3. The van der Waals surface area contributed by atoms with Gasteiger partial charge in [0.1, 0.15) is 10.8 Å². The molecule has 5 heteroatoms. The van der Waals surface area contributed by atoms with E-state index in [1.54, 1.807) is 12.4 Å². The molecule has 4 aromatic rings. The molecule has 2 heterocycles. The van der Waals surface area contributed by atoms with E-state index in [0.717, 1.165) is 33.3 Å². The van der Waals surface area contributed by atoms with Crippen LogP contribution in [0.1, 0.15) is 61.1 Å². The second-order valence-electron chi connectivity index (χ2n) is 7.80. The molecular weight excluding hydrogens is 428 g/mol. The quantitative estimate of drug-likeness (QED) is 0.280. The van der Waals surface area contributed by atoms with E-state index >= 15 is 0 Å². The smallest absolute Gasteiger partial charge is 0.169 e. The Kier molecular flexibility index (Phi) is 8.77. The number of fused-ring (bicyclic) bond motifs is 1. The molecule has 0 spiro atoms. The summed E-state index contributed by atoms with van der Waals surface area (Å²) >= 11 is 1.50. The van der Waals surface area contributed by atoms with Crippen molar-refractivity contribution in [2.45, 2.75) is 47.5 Å². The SMILES string of the molecule is C.C.C.O=C(Cc1nccs1)c1ccc([C@@H]2C[C@H]2C(=O)Cc2ccc3cnccc3c2)cc1. The lowest BCUT2D eigenvalue weighted by molar-refractivity contribution is -0.119. The van der Waals surface area contributed by atoms with Crippen molar-refractivity contribution in [2.24, 2.45) is 5.92 Å². The van der Waals surface area contributed by atoms with Gasteiger partial charge in [-0.2, -0.15) is 0 Å². The summed E-state index contributed by atoms with van der Waals surface area (Å²) in [5.74, 6) is 0.712. The Hall–Kier alpha value is -3.18. The molecule has 1 saturated carbocycles. The minimum Gasteiger partial charge on any atom is -0.299 e. The van der Waals surface area contributed by atoms with Gasteiger partial charge in [0.25, 0.3) is 0 Å². The molecule has 1 fully saturated rings. The van der Waals surface area contributed by atoms with E-state index in [4.69, 9.17) is 0 Å². The fourth-order valence-electron chi connectivity index (χ4n) is 3.99. The summed E-state index contributed by atoms with van der Waals surface area (Å²) < 4.78 is 0. The molecule has 172 valence electrons. The molecule has 1 aliphatic rings. The van der Waals surface area contributed by atoms with Crippen molar-refractivity contribution in [2.75, 3.05) is 0 Å². The monoisotopic (exact) mass is 460 g/mol. The summed E-state index contributed by atoms with van der Waals surface area (Å²) in [6.45, 7) is 0. The highest BCUT2D eigenvalue weighted by atomic mass is 32.1. The van der Waals surface area contributed by atoms with E-state index in [2.05, 4.69) is 16.0 Å². The van der Waals surface area contributed by atoms with E-state index < -0.39 is 0 Å². The molecule has 0 aliphatic heterocycles. The third kappa shape index (κ3) is 5.79. The largest absolute Gasteiger partial charge is 0.299 e. The number of carbonyl (C=O) groups excluding carboxylic acids is 2. The van der Waals surface area contributed by atoms with Crippen molar-refractivity contribution in [3.63, 3.8) is 0 Å². The predicted octanol–water partition coefficient (Wildman–Crippen LogP) is 6.94. The second-order valence-corrected chi connectivity index (χ2v) is 8.78. The molecule has 5 rings (SSSR count). The topological polar surface area (TPSA) is 59.9 Å². The molecule has 0 bridgehead atoms. The van der Waals surface area contributed by atoms with Crippen LogP contribution in [0, 0.1) is 5.92 Å². The molecule has 0 saturated heterocycles. The molecule has 2 aromatic heterocycles. The van der Waals surface area contributed by atoms with E-state index in [9.17, 15) is 9.59 Å². The van der Waals surface area contributed by atoms with Gasteiger partial charge in [-0.1, -0.05) is 64.7 Å². The van der Waals surface area contributed by atoms with Crippen LogP contribution >= 0.6 is 11.3 Å². The Balaban J connectivity index is 0.00000128. The number of rotatable bonds is 7. The average molecular weight is 461 g/mol. The number of ketones is 2. The van der Waals surface area contributed by atoms with Gasteiger partial charge in [-0.3, -0.25) is 14.6 Å². The van der Waals surface area contributed by atoms with Gasteiger partial charge in [0, 0.05) is 47.3 Å². The van der Waals surface area contributed by atoms with Crippen LogP contribution in [-0.2, 0) is 17.6 Å². The zero-order valence-corrected chi connectivity index (χ0v) is 17.1. The summed E-state index contributed by atoms with van der Waals surface area (Å²) in [5.41, 5.74) is 2.89. The molecule has 0 radical (unpaired) electrons. The first kappa shape index (κ1) is 26.1. The van der Waals surface area contributed by atoms with Crippen LogP contribution in [0.2, 0.25) is 0 Å². The van der Waals surface area contributed by atoms with Gasteiger partial charge in [-0.05, 0) is 34.9 Å². The first-order chi connectivity index (χ1) is 14.7. The molecule has 0 N–H and O–H groups in total. The first-order valence-corrected chi connectivity index (χ1v) is 10.9. The van der Waals surface area contributed by atoms with Gasteiger partial charge in [-0.25, -0.2) is 4.98 Å². The van der Waals surface area contributed by atoms with Crippen LogP contribution in [0.3, 0.4) is 0 Å². The molecule has 2 atom stereocenters. The van der Waals surface area contributed by atoms with Crippen LogP contribution in [0.5, 0.6) is 0 Å². The van der Waals surface area contributed by atoms with Crippen molar-refractivity contribution < 1.29 is 9.59 Å². The predicted molar refractivity (Wildman–Crippen MR) is 138 cm³/mol. The van der Waals surface area contributed by atoms with Gasteiger partial charge >= 0.3 is 0 Å². The maximum absolute atomic E-state index is 12.8. The summed E-state index contributed by atoms with van der Waals surface area (Å²) in [7, 11) is 0. The summed E-state index contributed by atoms with van der Waals surface area (Å²) in [6.07, 6.45) is 7.02. The second kappa shape index (κ2) is 11.1. The van der Waals surface area contributed by atoms with Crippen LogP contribution in [0.4, 0.5) is 0 Å². The van der Waals surface area contributed by atoms with Gasteiger partial charge in [0.2, 0.25) is 0 Å². The molecule has 1 aliphatic carbocycles. The number of hydrogen-bond acceptors (Lipinski definition) is 5. The van der Waals surface area contributed by atoms with Gasteiger partial charge in [0.15, 0.2) is 5.78 Å². The highest BCUT2D eigenvalue weighted by Gasteiger charge is 2.43. The Labute approximate surface area is 200 Å². The van der Waals surface area contributed by atoms with E-state index in [1.807, 2.05) is 54.0 Å². The summed E-state index contributed by atoms with van der Waals surface area (Å²) in [5, 5.41) is 4.91. The fourth-order valence-corrected chi connectivity index (χ4v) is 4.61. The molecule has 33 heavy (non-hydrogen) atoms. The normalized spacial score (nSPS) is 16.1. The number of benzene rings is 2. The molecular formula is C28H32N2O2S. The maximum atomic E-state index is 12.8. The molecule has 0 unspecified atom stereocenters. The Bertz CT molecular complexity index is 1220. The molecule has 2 aromatic carbocycles. The average Bonchev–Trinajstić information content (AvgIpc) is 3.42. The first-order valence-electron chi connectivity index (χ1n) is 10.0. The van der Waals surface area contributed by atoms with Crippen LogP contribution < -0.4 is 0 Å². The molecule has 0 amide bonds. The highest BCUT2D eigenvalue weighted by molar-refractivity contribution is 7.09. The zero-order chi connectivity index (χ0) is 20.5. The number of Topliss-reactive ketones (excluding diaryl/α,β-unsaturated/α-hetero) is 2. The Morgan fingerprint density at radius 1 is 0.909 bits per heavy atom. The van der Waals surface area contributed by atoms with E-state index in [1.165, 1.54) is 11.3 Å². The van der Waals surface area contributed by atoms with Crippen molar-refractivity contribution in [1.29, 1.82) is 0 Å². The summed E-state index contributed by atoms with van der Waals surface area (Å²) in [6, 6.07) is 15.8. The summed E-state index contributed by atoms with van der Waals surface area (Å²) in [4.78, 5) is 33.5. The number of carbonyl (C=O) groups is 2. The van der Waals surface area contributed by atoms with Gasteiger partial charge in [0.05, 0.1) is 6.42 Å². The maximum Gasteiger partial charge on any atom is 0.169 e. The van der Waals surface area contributed by atoms with Gasteiger partial charge < -0.3 is 0 Å². The number of aromatic nitrogens is 2. The third-order valence-electron chi connectivity index (χ3n) is 5.74. The Morgan fingerprint density at radius 2 is 1.70 bits per heavy atom. The standard InChI is InChI=1S/C25H20N2O2S.3CH4/c28-23(14-25-27-9-10-30-25)18-5-3-17(4-6-18)21-13-22(21)24(29)12-16-1-2-20-15-26-8-7-19(20)11-16;;;/h1-11,15,21-22H,12-14H2;3*1H4/t21-,22+;;;/m0.../s1. The number of nitrogens with zero attached hydrogens (tertiary/aromatic N) is 2. The third-order valence-corrected chi connectivity index (χ3v) is 6.52. The number of thiazole rings is 1. The van der Waals surface area contributed by atoms with Gasteiger partial charge in [-0.15, -0.1) is 11.3 Å². The van der Waals surface area contributed by atoms with Crippen molar-refractivity contribution in [3.05, 3.63) is 94.2 Å². The highest BCUT2D eigenvalue weighted by Crippen LogP contribution is 2.48. The number of hydrogen-bond donors (Lipinski definition) is 0. The van der Waals surface area contributed by atoms with Crippen LogP contribution in [0.25, 0.3) is 10.8 Å². The Morgan fingerprint density at radius 3 is 2.42 bits per heavy atom. The lowest BCUT2D eigenvalue weighted by Gasteiger charge is -2.05. The lowest BCUT2D eigenvalue weighted by Crippen LogP contribution is -2.07. The minimum absolute atomic E-state index is 0. The minimum atomic E-state index is 0.